The lowest BCUT2D eigenvalue weighted by Gasteiger charge is -2.24. The fourth-order valence-corrected chi connectivity index (χ4v) is 5.25. The van der Waals surface area contributed by atoms with Crippen LogP contribution in [0, 0.1) is 0 Å². The number of carbonyl (C=O) groups is 1. The average molecular weight is 417 g/mol. The molecule has 0 radical (unpaired) electrons. The minimum Gasteiger partial charge on any atom is -0.496 e. The second-order valence-corrected chi connectivity index (χ2v) is 8.97. The summed E-state index contributed by atoms with van der Waals surface area (Å²) in [7, 11) is -2.29. The Morgan fingerprint density at radius 1 is 1.10 bits per heavy atom. The number of amides is 1. The summed E-state index contributed by atoms with van der Waals surface area (Å²) in [5.74, 6) is 0.178. The molecule has 0 N–H and O–H groups in total. The summed E-state index contributed by atoms with van der Waals surface area (Å²) in [4.78, 5) is 15.0. The lowest BCUT2D eigenvalue weighted by Crippen LogP contribution is -2.33. The van der Waals surface area contributed by atoms with E-state index in [1.807, 2.05) is 38.1 Å². The third kappa shape index (κ3) is 4.10. The van der Waals surface area contributed by atoms with Crippen LogP contribution in [0.2, 0.25) is 0 Å². The smallest absolute Gasteiger partial charge is 0.264 e. The largest absolute Gasteiger partial charge is 0.496 e. The van der Waals surface area contributed by atoms with Crippen LogP contribution >= 0.6 is 0 Å². The molecule has 0 fully saturated rings. The van der Waals surface area contributed by atoms with Crippen molar-refractivity contribution < 1.29 is 17.9 Å². The minimum atomic E-state index is -3.78. The summed E-state index contributed by atoms with van der Waals surface area (Å²) in [6.45, 7) is 5.66. The molecule has 2 aromatic rings. The molecule has 0 saturated carbocycles. The number of para-hydroxylation sites is 1. The van der Waals surface area contributed by atoms with E-state index in [0.717, 1.165) is 18.4 Å². The standard InChI is InChI=1S/C22H28N2O4S/c1-4-13-23(14-5-2)22(25)19-16-18(10-11-21(19)28-3)29(26,27)24-15-12-17-8-6-7-9-20(17)24/h6-11,16H,4-5,12-15H2,1-3H3. The molecule has 156 valence electrons. The molecule has 1 heterocycles. The van der Waals surface area contributed by atoms with Crippen LogP contribution in [0.4, 0.5) is 5.69 Å². The number of nitrogens with zero attached hydrogens (tertiary/aromatic N) is 2. The number of sulfonamides is 1. The molecular formula is C22H28N2O4S. The van der Waals surface area contributed by atoms with Crippen LogP contribution in [0.15, 0.2) is 47.4 Å². The highest BCUT2D eigenvalue weighted by Crippen LogP contribution is 2.34. The van der Waals surface area contributed by atoms with Crippen molar-refractivity contribution in [2.45, 2.75) is 38.0 Å². The SMILES string of the molecule is CCCN(CCC)C(=O)c1cc(S(=O)(=O)N2CCc3ccccc32)ccc1OC. The molecule has 6 nitrogen and oxygen atoms in total. The minimum absolute atomic E-state index is 0.103. The second-order valence-electron chi connectivity index (χ2n) is 7.11. The van der Waals surface area contributed by atoms with Gasteiger partial charge in [-0.05, 0) is 49.1 Å². The lowest BCUT2D eigenvalue weighted by atomic mass is 10.1. The van der Waals surface area contributed by atoms with Gasteiger partial charge in [0.2, 0.25) is 0 Å². The van der Waals surface area contributed by atoms with Crippen LogP contribution in [0.1, 0.15) is 42.6 Å². The highest BCUT2D eigenvalue weighted by atomic mass is 32.2. The number of ether oxygens (including phenoxy) is 1. The Morgan fingerprint density at radius 2 is 1.79 bits per heavy atom. The van der Waals surface area contributed by atoms with Crippen molar-refractivity contribution in [1.29, 1.82) is 0 Å². The van der Waals surface area contributed by atoms with E-state index in [-0.39, 0.29) is 16.4 Å². The predicted molar refractivity (Wildman–Crippen MR) is 114 cm³/mol. The fourth-order valence-electron chi connectivity index (χ4n) is 3.72. The van der Waals surface area contributed by atoms with E-state index in [1.54, 1.807) is 11.0 Å². The van der Waals surface area contributed by atoms with Gasteiger partial charge in [-0.3, -0.25) is 9.10 Å². The molecule has 1 amide bonds. The van der Waals surface area contributed by atoms with Crippen molar-refractivity contribution in [1.82, 2.24) is 4.90 Å². The molecule has 1 aliphatic rings. The van der Waals surface area contributed by atoms with Gasteiger partial charge in [-0.1, -0.05) is 32.0 Å². The van der Waals surface area contributed by atoms with Crippen molar-refractivity contribution in [3.63, 3.8) is 0 Å². The second kappa shape index (κ2) is 8.86. The quantitative estimate of drug-likeness (QED) is 0.658. The van der Waals surface area contributed by atoms with Crippen molar-refractivity contribution in [2.24, 2.45) is 0 Å². The number of methoxy groups -OCH3 is 1. The van der Waals surface area contributed by atoms with Crippen molar-refractivity contribution in [2.75, 3.05) is 31.0 Å². The number of hydrogen-bond acceptors (Lipinski definition) is 4. The summed E-state index contributed by atoms with van der Waals surface area (Å²) in [5.41, 5.74) is 2.00. The molecule has 0 atom stereocenters. The molecule has 0 unspecified atom stereocenters. The van der Waals surface area contributed by atoms with Gasteiger partial charge >= 0.3 is 0 Å². The van der Waals surface area contributed by atoms with Crippen LogP contribution in [-0.2, 0) is 16.4 Å². The van der Waals surface area contributed by atoms with E-state index in [9.17, 15) is 13.2 Å². The molecule has 0 spiro atoms. The van der Waals surface area contributed by atoms with Crippen LogP contribution in [-0.4, -0.2) is 46.0 Å². The van der Waals surface area contributed by atoms with Gasteiger partial charge in [-0.15, -0.1) is 0 Å². The third-order valence-electron chi connectivity index (χ3n) is 5.11. The van der Waals surface area contributed by atoms with E-state index >= 15 is 0 Å². The van der Waals surface area contributed by atoms with E-state index < -0.39 is 10.0 Å². The van der Waals surface area contributed by atoms with Crippen LogP contribution in [0.5, 0.6) is 5.75 Å². The first-order valence-corrected chi connectivity index (χ1v) is 11.5. The highest BCUT2D eigenvalue weighted by Gasteiger charge is 2.32. The first-order valence-electron chi connectivity index (χ1n) is 10.0. The highest BCUT2D eigenvalue weighted by molar-refractivity contribution is 7.92. The normalized spacial score (nSPS) is 13.3. The van der Waals surface area contributed by atoms with Crippen molar-refractivity contribution in [3.05, 3.63) is 53.6 Å². The van der Waals surface area contributed by atoms with E-state index in [2.05, 4.69) is 0 Å². The molecule has 29 heavy (non-hydrogen) atoms. The van der Waals surface area contributed by atoms with Gasteiger partial charge in [0.15, 0.2) is 0 Å². The monoisotopic (exact) mass is 416 g/mol. The van der Waals surface area contributed by atoms with Crippen LogP contribution < -0.4 is 9.04 Å². The molecular weight excluding hydrogens is 388 g/mol. The van der Waals surface area contributed by atoms with E-state index in [1.165, 1.54) is 23.5 Å². The van der Waals surface area contributed by atoms with Gasteiger partial charge < -0.3 is 9.64 Å². The van der Waals surface area contributed by atoms with Gasteiger partial charge in [0.25, 0.3) is 15.9 Å². The maximum absolute atomic E-state index is 13.4. The van der Waals surface area contributed by atoms with Crippen molar-refractivity contribution >= 4 is 21.6 Å². The Morgan fingerprint density at radius 3 is 2.45 bits per heavy atom. The fraction of sp³-hybridized carbons (Fsp3) is 0.409. The summed E-state index contributed by atoms with van der Waals surface area (Å²) < 4.78 is 33.5. The average Bonchev–Trinajstić information content (AvgIpc) is 3.17. The number of rotatable bonds is 8. The van der Waals surface area contributed by atoms with Gasteiger partial charge in [-0.25, -0.2) is 8.42 Å². The maximum atomic E-state index is 13.4. The van der Waals surface area contributed by atoms with Crippen LogP contribution in [0.25, 0.3) is 0 Å². The Labute approximate surface area is 173 Å². The van der Waals surface area contributed by atoms with Gasteiger partial charge in [-0.2, -0.15) is 0 Å². The molecule has 3 rings (SSSR count). The molecule has 7 heteroatoms. The first kappa shape index (κ1) is 21.2. The summed E-state index contributed by atoms with van der Waals surface area (Å²) in [6, 6.07) is 12.0. The van der Waals surface area contributed by atoms with Crippen LogP contribution in [0.3, 0.4) is 0 Å². The number of benzene rings is 2. The Balaban J connectivity index is 2.01. The Kier molecular flexibility index (Phi) is 6.47. The number of hydrogen-bond donors (Lipinski definition) is 0. The van der Waals surface area contributed by atoms with E-state index in [4.69, 9.17) is 4.74 Å². The topological polar surface area (TPSA) is 66.9 Å². The van der Waals surface area contributed by atoms with Gasteiger partial charge in [0, 0.05) is 19.6 Å². The molecule has 0 bridgehead atoms. The zero-order chi connectivity index (χ0) is 21.0. The van der Waals surface area contributed by atoms with Crippen molar-refractivity contribution in [3.8, 4) is 5.75 Å². The molecule has 0 aromatic heterocycles. The number of carbonyl (C=O) groups excluding carboxylic acids is 1. The molecule has 2 aromatic carbocycles. The number of anilines is 1. The lowest BCUT2D eigenvalue weighted by molar-refractivity contribution is 0.0752. The zero-order valence-electron chi connectivity index (χ0n) is 17.2. The zero-order valence-corrected chi connectivity index (χ0v) is 18.0. The molecule has 0 saturated heterocycles. The summed E-state index contributed by atoms with van der Waals surface area (Å²) in [6.07, 6.45) is 2.34. The predicted octanol–water partition coefficient (Wildman–Crippen LogP) is 3.71. The Bertz CT molecular complexity index is 982. The number of fused-ring (bicyclic) bond motifs is 1. The summed E-state index contributed by atoms with van der Waals surface area (Å²) >= 11 is 0. The third-order valence-corrected chi connectivity index (χ3v) is 6.92. The van der Waals surface area contributed by atoms with Gasteiger partial charge in [0.1, 0.15) is 5.75 Å². The van der Waals surface area contributed by atoms with Gasteiger partial charge in [0.05, 0.1) is 23.3 Å². The molecule has 1 aliphatic heterocycles. The summed E-state index contributed by atoms with van der Waals surface area (Å²) in [5, 5.41) is 0. The molecule has 0 aliphatic carbocycles. The van der Waals surface area contributed by atoms with E-state index in [0.29, 0.717) is 37.5 Å². The first-order chi connectivity index (χ1) is 13.9. The Hall–Kier alpha value is -2.54. The maximum Gasteiger partial charge on any atom is 0.264 e.